The highest BCUT2D eigenvalue weighted by atomic mass is 32.5. The minimum absolute atomic E-state index is 0.279. The van der Waals surface area contributed by atoms with Crippen molar-refractivity contribution in [3.05, 3.63) is 23.8 Å². The Labute approximate surface area is 128 Å². The van der Waals surface area contributed by atoms with Crippen LogP contribution >= 0.6 is 10.2 Å². The van der Waals surface area contributed by atoms with Gasteiger partial charge in [-0.1, -0.05) is 19.4 Å². The van der Waals surface area contributed by atoms with Crippen molar-refractivity contribution in [1.29, 1.82) is 0 Å². The number of hydrogen-bond acceptors (Lipinski definition) is 3. The fraction of sp³-hybridized carbons (Fsp3) is 0.200. The topological polar surface area (TPSA) is 67.4 Å². The minimum Gasteiger partial charge on any atom is -0.318 e. The van der Waals surface area contributed by atoms with Gasteiger partial charge in [-0.05, 0) is 18.2 Å². The summed E-state index contributed by atoms with van der Waals surface area (Å²) in [6.07, 6.45) is -5.49. The highest BCUT2D eigenvalue weighted by Crippen LogP contribution is 3.02. The van der Waals surface area contributed by atoms with Gasteiger partial charge < -0.3 is 5.32 Å². The van der Waals surface area contributed by atoms with Crippen LogP contribution in [0.25, 0.3) is 0 Å². The molecule has 2 N–H and O–H groups in total. The summed E-state index contributed by atoms with van der Waals surface area (Å²) in [4.78, 5) is 23.6. The first-order valence-corrected chi connectivity index (χ1v) is 7.50. The zero-order valence-electron chi connectivity index (χ0n) is 11.4. The molecule has 2 amide bonds. The fourth-order valence-electron chi connectivity index (χ4n) is 1.38. The van der Waals surface area contributed by atoms with Gasteiger partial charge >= 0.3 is 22.3 Å². The molecular weight excluding hydrogens is 380 g/mol. The van der Waals surface area contributed by atoms with E-state index in [4.69, 9.17) is 0 Å². The Kier molecular flexibility index (Phi) is 4.33. The molecular formula is C10H8F8N2O3S. The van der Waals surface area contributed by atoms with Crippen LogP contribution in [-0.2, 0) is 9.63 Å². The smallest absolute Gasteiger partial charge is 0.318 e. The van der Waals surface area contributed by atoms with Gasteiger partial charge in [-0.15, -0.1) is 0 Å². The SMILES string of the molecule is CONC(=O)c1cc(NC(=O)C(F)(F)F)cc(S(F)(F)(F)(F)F)c1. The molecule has 0 atom stereocenters. The highest BCUT2D eigenvalue weighted by molar-refractivity contribution is 8.45. The second kappa shape index (κ2) is 5.20. The monoisotopic (exact) mass is 388 g/mol. The molecule has 1 aromatic carbocycles. The number of halogens is 8. The Balaban J connectivity index is 3.48. The largest absolute Gasteiger partial charge is 0.471 e. The van der Waals surface area contributed by atoms with Crippen molar-refractivity contribution in [2.45, 2.75) is 11.1 Å². The number of amides is 2. The summed E-state index contributed by atoms with van der Waals surface area (Å²) in [5, 5.41) is 0.967. The van der Waals surface area contributed by atoms with Gasteiger partial charge in [0.05, 0.1) is 7.11 Å². The normalized spacial score (nSPS) is 15.2. The zero-order chi connectivity index (χ0) is 19.0. The molecule has 0 fully saturated rings. The van der Waals surface area contributed by atoms with Gasteiger partial charge in [-0.2, -0.15) is 13.2 Å². The Hall–Kier alpha value is -2.09. The van der Waals surface area contributed by atoms with Crippen LogP contribution in [0.2, 0.25) is 0 Å². The minimum atomic E-state index is -10.3. The molecule has 0 bridgehead atoms. The van der Waals surface area contributed by atoms with Gasteiger partial charge in [-0.25, -0.2) is 5.48 Å². The maximum Gasteiger partial charge on any atom is 0.471 e. The van der Waals surface area contributed by atoms with Gasteiger partial charge in [0.15, 0.2) is 0 Å². The maximum absolute atomic E-state index is 12.8. The lowest BCUT2D eigenvalue weighted by molar-refractivity contribution is -0.167. The standard InChI is InChI=1S/C10H8F8N2O3S/c1-23-20-8(21)5-2-6(19-9(22)10(11,12)13)4-7(3-5)24(14,15,16,17)18/h2-4H,1H3,(H,19,22)(H,20,21). The van der Waals surface area contributed by atoms with E-state index < -0.39 is 50.4 Å². The third kappa shape index (κ3) is 5.23. The highest BCUT2D eigenvalue weighted by Gasteiger charge is 2.65. The number of hydroxylamine groups is 1. The van der Waals surface area contributed by atoms with Crippen LogP contribution in [0.1, 0.15) is 10.4 Å². The molecule has 1 rings (SSSR count). The first-order chi connectivity index (χ1) is 10.4. The second-order valence-corrected chi connectivity index (χ2v) is 6.71. The predicted octanol–water partition coefficient (Wildman–Crippen LogP) is 4.14. The van der Waals surface area contributed by atoms with Crippen molar-refractivity contribution in [1.82, 2.24) is 5.48 Å². The molecule has 5 nitrogen and oxygen atoms in total. The Morgan fingerprint density at radius 3 is 2.00 bits per heavy atom. The van der Waals surface area contributed by atoms with E-state index in [9.17, 15) is 42.2 Å². The number of benzene rings is 1. The van der Waals surface area contributed by atoms with E-state index in [0.717, 1.165) is 12.4 Å². The third-order valence-corrected chi connectivity index (χ3v) is 3.45. The lowest BCUT2D eigenvalue weighted by Gasteiger charge is -2.40. The summed E-state index contributed by atoms with van der Waals surface area (Å²) in [5.74, 6) is -4.16. The van der Waals surface area contributed by atoms with E-state index in [-0.39, 0.29) is 6.07 Å². The average Bonchev–Trinajstić information content (AvgIpc) is 2.34. The molecule has 0 aromatic heterocycles. The summed E-state index contributed by atoms with van der Waals surface area (Å²) < 4.78 is 101. The summed E-state index contributed by atoms with van der Waals surface area (Å²) in [6.45, 7) is 0. The number of nitrogens with one attached hydrogen (secondary N) is 2. The third-order valence-electron chi connectivity index (χ3n) is 2.32. The molecule has 1 aromatic rings. The van der Waals surface area contributed by atoms with E-state index in [1.165, 1.54) is 5.48 Å². The number of carbonyl (C=O) groups is 2. The van der Waals surface area contributed by atoms with Crippen LogP contribution in [0.5, 0.6) is 0 Å². The van der Waals surface area contributed by atoms with Gasteiger partial charge in [0.25, 0.3) is 5.91 Å². The lowest BCUT2D eigenvalue weighted by atomic mass is 10.2. The number of anilines is 1. The van der Waals surface area contributed by atoms with Crippen molar-refractivity contribution in [2.24, 2.45) is 0 Å². The predicted molar refractivity (Wildman–Crippen MR) is 67.0 cm³/mol. The number of carbonyl (C=O) groups excluding carboxylic acids is 2. The fourth-order valence-corrected chi connectivity index (χ4v) is 2.08. The van der Waals surface area contributed by atoms with Crippen LogP contribution < -0.4 is 10.8 Å². The molecule has 0 aliphatic carbocycles. The van der Waals surface area contributed by atoms with Crippen molar-refractivity contribution in [2.75, 3.05) is 12.4 Å². The van der Waals surface area contributed by atoms with Crippen molar-refractivity contribution in [3.63, 3.8) is 0 Å². The first kappa shape index (κ1) is 20.0. The molecule has 24 heavy (non-hydrogen) atoms. The van der Waals surface area contributed by atoms with Crippen LogP contribution in [0.15, 0.2) is 23.1 Å². The lowest BCUT2D eigenvalue weighted by Crippen LogP contribution is -2.30. The average molecular weight is 388 g/mol. The van der Waals surface area contributed by atoms with Gasteiger partial charge in [0, 0.05) is 11.3 Å². The molecule has 0 aliphatic rings. The quantitative estimate of drug-likeness (QED) is 0.602. The van der Waals surface area contributed by atoms with Gasteiger partial charge in [-0.3, -0.25) is 14.4 Å². The van der Waals surface area contributed by atoms with Gasteiger partial charge in [0.1, 0.15) is 4.90 Å². The Morgan fingerprint density at radius 1 is 1.04 bits per heavy atom. The van der Waals surface area contributed by atoms with Crippen LogP contribution in [0.4, 0.5) is 38.3 Å². The first-order valence-electron chi connectivity index (χ1n) is 5.55. The molecule has 0 aliphatic heterocycles. The summed E-state index contributed by atoms with van der Waals surface area (Å²) >= 11 is 0. The molecule has 0 saturated carbocycles. The molecule has 0 saturated heterocycles. The number of rotatable bonds is 4. The summed E-state index contributed by atoms with van der Waals surface area (Å²) in [5.41, 5.74) is -0.909. The Morgan fingerprint density at radius 2 is 1.58 bits per heavy atom. The Bertz CT molecular complexity index is 686. The van der Waals surface area contributed by atoms with Crippen LogP contribution in [0.3, 0.4) is 0 Å². The molecule has 14 heteroatoms. The molecule has 0 spiro atoms. The number of alkyl halides is 3. The van der Waals surface area contributed by atoms with Crippen LogP contribution in [0, 0.1) is 0 Å². The summed E-state index contributed by atoms with van der Waals surface area (Å²) in [7, 11) is -9.46. The number of hydrogen-bond donors (Lipinski definition) is 2. The van der Waals surface area contributed by atoms with Gasteiger partial charge in [0.2, 0.25) is 0 Å². The molecule has 0 unspecified atom stereocenters. The summed E-state index contributed by atoms with van der Waals surface area (Å²) in [6, 6.07) is -0.348. The van der Waals surface area contributed by atoms with E-state index >= 15 is 0 Å². The molecule has 0 heterocycles. The van der Waals surface area contributed by atoms with E-state index in [2.05, 4.69) is 4.84 Å². The van der Waals surface area contributed by atoms with E-state index in [1.54, 1.807) is 0 Å². The second-order valence-electron chi connectivity index (χ2n) is 4.30. The van der Waals surface area contributed by atoms with Crippen molar-refractivity contribution >= 4 is 27.7 Å². The van der Waals surface area contributed by atoms with Crippen molar-refractivity contribution < 1.29 is 47.0 Å². The molecule has 0 radical (unpaired) electrons. The maximum atomic E-state index is 12.8. The van der Waals surface area contributed by atoms with E-state index in [1.807, 2.05) is 0 Å². The van der Waals surface area contributed by atoms with E-state index in [0.29, 0.717) is 6.07 Å². The zero-order valence-corrected chi connectivity index (χ0v) is 12.2. The van der Waals surface area contributed by atoms with Crippen molar-refractivity contribution in [3.8, 4) is 0 Å². The van der Waals surface area contributed by atoms with Crippen LogP contribution in [-0.4, -0.2) is 25.1 Å². The molecule has 138 valence electrons.